The van der Waals surface area contributed by atoms with Crippen molar-refractivity contribution in [3.05, 3.63) is 70.5 Å². The fourth-order valence-electron chi connectivity index (χ4n) is 3.31. The molecule has 0 aliphatic carbocycles. The van der Waals surface area contributed by atoms with E-state index in [1.165, 1.54) is 12.1 Å². The number of hydrogen-bond acceptors (Lipinski definition) is 3. The molecule has 2 aromatic carbocycles. The summed E-state index contributed by atoms with van der Waals surface area (Å²) in [6, 6.07) is 14.1. The van der Waals surface area contributed by atoms with Crippen LogP contribution in [0.25, 0.3) is 23.2 Å². The van der Waals surface area contributed by atoms with Gasteiger partial charge in [0.25, 0.3) is 0 Å². The fraction of sp³-hybridized carbons (Fsp3) is 0.190. The van der Waals surface area contributed by atoms with Crippen LogP contribution in [-0.2, 0) is 4.79 Å². The Morgan fingerprint density at radius 2 is 2.00 bits per heavy atom. The zero-order valence-corrected chi connectivity index (χ0v) is 14.4. The summed E-state index contributed by atoms with van der Waals surface area (Å²) >= 11 is 0. The third-order valence-electron chi connectivity index (χ3n) is 4.67. The van der Waals surface area contributed by atoms with E-state index in [0.717, 1.165) is 27.0 Å². The Morgan fingerprint density at radius 1 is 1.23 bits per heavy atom. The van der Waals surface area contributed by atoms with E-state index in [9.17, 15) is 9.18 Å². The number of nitrogens with one attached hydrogen (secondary N) is 1. The van der Waals surface area contributed by atoms with Gasteiger partial charge in [-0.25, -0.2) is 9.18 Å². The number of fused-ring (bicyclic) bond motifs is 3. The molecule has 1 unspecified atom stereocenters. The molecule has 1 atom stereocenters. The molecule has 26 heavy (non-hydrogen) atoms. The minimum absolute atomic E-state index is 0.0574. The van der Waals surface area contributed by atoms with Gasteiger partial charge in [-0.15, -0.1) is 0 Å². The molecule has 5 heteroatoms. The Labute approximate surface area is 150 Å². The Kier molecular flexibility index (Phi) is 4.21. The maximum Gasteiger partial charge on any atom is 0.333 e. The summed E-state index contributed by atoms with van der Waals surface area (Å²) in [5, 5.41) is 6.13. The number of benzene rings is 2. The minimum Gasteiger partial charge on any atom is -0.387 e. The third-order valence-corrected chi connectivity index (χ3v) is 4.67. The predicted molar refractivity (Wildman–Crippen MR) is 99.1 cm³/mol. The SMILES string of the molecule is CC(CC(=O)On1c2c(c3ccccc31)=CNCC=2)c1ccc(F)cc1. The van der Waals surface area contributed by atoms with Gasteiger partial charge in [0.2, 0.25) is 0 Å². The molecule has 1 aliphatic rings. The summed E-state index contributed by atoms with van der Waals surface area (Å²) in [4.78, 5) is 18.2. The van der Waals surface area contributed by atoms with Crippen molar-refractivity contribution in [2.24, 2.45) is 0 Å². The van der Waals surface area contributed by atoms with E-state index in [1.54, 1.807) is 16.9 Å². The van der Waals surface area contributed by atoms with E-state index in [2.05, 4.69) is 5.32 Å². The quantitative estimate of drug-likeness (QED) is 0.783. The van der Waals surface area contributed by atoms with E-state index in [4.69, 9.17) is 4.84 Å². The normalized spacial score (nSPS) is 13.9. The molecule has 132 valence electrons. The van der Waals surface area contributed by atoms with Crippen molar-refractivity contribution < 1.29 is 14.0 Å². The first-order chi connectivity index (χ1) is 12.6. The Bertz CT molecular complexity index is 1080. The van der Waals surface area contributed by atoms with Crippen molar-refractivity contribution in [1.82, 2.24) is 10.0 Å². The highest BCUT2D eigenvalue weighted by atomic mass is 19.1. The second-order valence-electron chi connectivity index (χ2n) is 6.49. The molecule has 0 saturated heterocycles. The van der Waals surface area contributed by atoms with Crippen LogP contribution in [0.3, 0.4) is 0 Å². The second kappa shape index (κ2) is 6.67. The molecular weight excluding hydrogens is 331 g/mol. The Hall–Kier alpha value is -3.08. The summed E-state index contributed by atoms with van der Waals surface area (Å²) in [6.45, 7) is 2.62. The first-order valence-electron chi connectivity index (χ1n) is 8.63. The molecule has 4 rings (SSSR count). The van der Waals surface area contributed by atoms with Gasteiger partial charge in [0.1, 0.15) is 5.82 Å². The average molecular weight is 350 g/mol. The molecule has 2 heterocycles. The van der Waals surface area contributed by atoms with E-state index in [1.807, 2.05) is 43.5 Å². The Morgan fingerprint density at radius 3 is 2.81 bits per heavy atom. The van der Waals surface area contributed by atoms with E-state index >= 15 is 0 Å². The number of hydrogen-bond donors (Lipinski definition) is 1. The minimum atomic E-state index is -0.322. The molecule has 0 radical (unpaired) electrons. The standard InChI is InChI=1S/C21H19FN2O2/c1-14(15-6-8-16(22)9-7-15)12-21(25)26-24-19-5-3-2-4-17(19)18-13-23-11-10-20(18)24/h2-10,13-14,23H,11-12H2,1H3. The van der Waals surface area contributed by atoms with Crippen LogP contribution in [0.4, 0.5) is 4.39 Å². The lowest BCUT2D eigenvalue weighted by molar-refractivity contribution is -0.144. The van der Waals surface area contributed by atoms with Crippen LogP contribution in [0.1, 0.15) is 24.8 Å². The summed E-state index contributed by atoms with van der Waals surface area (Å²) in [6.07, 6.45) is 4.17. The molecule has 0 saturated carbocycles. The smallest absolute Gasteiger partial charge is 0.333 e. The van der Waals surface area contributed by atoms with Crippen LogP contribution < -0.4 is 20.7 Å². The van der Waals surface area contributed by atoms with E-state index < -0.39 is 0 Å². The van der Waals surface area contributed by atoms with Crippen LogP contribution in [-0.4, -0.2) is 17.2 Å². The van der Waals surface area contributed by atoms with Crippen molar-refractivity contribution in [3.63, 3.8) is 0 Å². The van der Waals surface area contributed by atoms with Gasteiger partial charge in [-0.3, -0.25) is 0 Å². The molecule has 4 nitrogen and oxygen atoms in total. The van der Waals surface area contributed by atoms with Gasteiger partial charge in [-0.1, -0.05) is 37.3 Å². The van der Waals surface area contributed by atoms with Crippen molar-refractivity contribution in [1.29, 1.82) is 0 Å². The topological polar surface area (TPSA) is 43.3 Å². The highest BCUT2D eigenvalue weighted by Crippen LogP contribution is 2.19. The summed E-state index contributed by atoms with van der Waals surface area (Å²) in [7, 11) is 0. The molecule has 1 N–H and O–H groups in total. The molecule has 0 fully saturated rings. The van der Waals surface area contributed by atoms with Crippen molar-refractivity contribution in [2.45, 2.75) is 19.3 Å². The first-order valence-corrected chi connectivity index (χ1v) is 8.63. The highest BCUT2D eigenvalue weighted by molar-refractivity contribution is 5.83. The first kappa shape index (κ1) is 16.4. The molecule has 1 aromatic heterocycles. The lowest BCUT2D eigenvalue weighted by Gasteiger charge is -2.12. The average Bonchev–Trinajstić information content (AvgIpc) is 2.96. The molecule has 3 aromatic rings. The zero-order valence-electron chi connectivity index (χ0n) is 14.4. The van der Waals surface area contributed by atoms with Crippen molar-refractivity contribution in [3.8, 4) is 0 Å². The van der Waals surface area contributed by atoms with Crippen LogP contribution in [0.5, 0.6) is 0 Å². The fourth-order valence-corrected chi connectivity index (χ4v) is 3.31. The lowest BCUT2D eigenvalue weighted by atomic mass is 9.98. The largest absolute Gasteiger partial charge is 0.387 e. The van der Waals surface area contributed by atoms with Crippen LogP contribution in [0.2, 0.25) is 0 Å². The molecule has 1 aliphatic heterocycles. The van der Waals surface area contributed by atoms with Gasteiger partial charge < -0.3 is 10.2 Å². The number of halogens is 1. The van der Waals surface area contributed by atoms with Crippen LogP contribution in [0.15, 0.2) is 48.5 Å². The predicted octanol–water partition coefficient (Wildman–Crippen LogP) is 2.05. The van der Waals surface area contributed by atoms with Gasteiger partial charge in [0, 0.05) is 23.3 Å². The van der Waals surface area contributed by atoms with Gasteiger partial charge in [0.15, 0.2) is 0 Å². The molecular formula is C21H19FN2O2. The van der Waals surface area contributed by atoms with Gasteiger partial charge in [-0.05, 0) is 35.8 Å². The number of carbonyl (C=O) groups excluding carboxylic acids is 1. The Balaban J connectivity index is 1.62. The molecule has 0 bridgehead atoms. The van der Waals surface area contributed by atoms with Crippen LogP contribution in [0, 0.1) is 5.82 Å². The summed E-state index contributed by atoms with van der Waals surface area (Å²) < 4.78 is 14.7. The number of carbonyl (C=O) groups is 1. The van der Waals surface area contributed by atoms with Gasteiger partial charge >= 0.3 is 5.97 Å². The number of para-hydroxylation sites is 1. The number of nitrogens with zero attached hydrogens (tertiary/aromatic N) is 1. The van der Waals surface area contributed by atoms with Crippen molar-refractivity contribution in [2.75, 3.05) is 6.54 Å². The number of aromatic nitrogens is 1. The van der Waals surface area contributed by atoms with Crippen LogP contribution >= 0.6 is 0 Å². The highest BCUT2D eigenvalue weighted by Gasteiger charge is 2.17. The lowest BCUT2D eigenvalue weighted by Crippen LogP contribution is -2.39. The van der Waals surface area contributed by atoms with Gasteiger partial charge in [0.05, 0.1) is 17.3 Å². The zero-order chi connectivity index (χ0) is 18.1. The second-order valence-corrected chi connectivity index (χ2v) is 6.49. The maximum absolute atomic E-state index is 13.1. The van der Waals surface area contributed by atoms with E-state index in [0.29, 0.717) is 6.54 Å². The molecule has 0 amide bonds. The molecule has 0 spiro atoms. The van der Waals surface area contributed by atoms with Gasteiger partial charge in [-0.2, -0.15) is 4.73 Å². The maximum atomic E-state index is 13.1. The summed E-state index contributed by atoms with van der Waals surface area (Å²) in [5.41, 5.74) is 1.77. The third kappa shape index (κ3) is 2.96. The summed E-state index contributed by atoms with van der Waals surface area (Å²) in [5.74, 6) is -0.662. The monoisotopic (exact) mass is 350 g/mol. The van der Waals surface area contributed by atoms with E-state index in [-0.39, 0.29) is 24.1 Å². The number of rotatable bonds is 4. The van der Waals surface area contributed by atoms with Crippen molar-refractivity contribution >= 4 is 29.1 Å².